The van der Waals surface area contributed by atoms with Gasteiger partial charge in [-0.3, -0.25) is 4.79 Å². The van der Waals surface area contributed by atoms with E-state index in [4.69, 9.17) is 0 Å². The van der Waals surface area contributed by atoms with Crippen molar-refractivity contribution in [3.8, 4) is 0 Å². The Morgan fingerprint density at radius 2 is 1.77 bits per heavy atom. The van der Waals surface area contributed by atoms with Crippen molar-refractivity contribution in [3.63, 3.8) is 0 Å². The van der Waals surface area contributed by atoms with Crippen molar-refractivity contribution in [1.29, 1.82) is 0 Å². The van der Waals surface area contributed by atoms with Gasteiger partial charge in [-0.25, -0.2) is 4.98 Å². The summed E-state index contributed by atoms with van der Waals surface area (Å²) < 4.78 is 0. The number of aromatic amines is 1. The Bertz CT molecular complexity index is 834. The molecule has 0 radical (unpaired) electrons. The third-order valence-electron chi connectivity index (χ3n) is 7.57. The number of hydrogen-bond donors (Lipinski definition) is 1. The average Bonchev–Trinajstić information content (AvgIpc) is 3.29. The average molecular weight is 407 g/mol. The van der Waals surface area contributed by atoms with Gasteiger partial charge in [-0.15, -0.1) is 0 Å². The Morgan fingerprint density at radius 1 is 1.00 bits per heavy atom. The number of nitrogens with one attached hydrogen (secondary N) is 1. The molecule has 160 valence electrons. The van der Waals surface area contributed by atoms with Crippen LogP contribution in [0.4, 0.5) is 0 Å². The summed E-state index contributed by atoms with van der Waals surface area (Å²) in [6, 6.07) is 9.85. The molecule has 1 atom stereocenters. The first-order valence-corrected chi connectivity index (χ1v) is 11.9. The first-order chi connectivity index (χ1) is 14.8. The first kappa shape index (κ1) is 19.8. The quantitative estimate of drug-likeness (QED) is 0.817. The molecule has 1 unspecified atom stereocenters. The van der Waals surface area contributed by atoms with Crippen molar-refractivity contribution < 1.29 is 4.79 Å². The van der Waals surface area contributed by atoms with Crippen molar-refractivity contribution in [3.05, 3.63) is 53.6 Å². The van der Waals surface area contributed by atoms with Crippen LogP contribution in [0.15, 0.2) is 36.7 Å². The number of likely N-dealkylation sites (tertiary alicyclic amines) is 1. The Morgan fingerprint density at radius 3 is 2.53 bits per heavy atom. The van der Waals surface area contributed by atoms with Crippen LogP contribution in [-0.4, -0.2) is 51.9 Å². The molecule has 30 heavy (non-hydrogen) atoms. The van der Waals surface area contributed by atoms with Crippen LogP contribution in [-0.2, 0) is 6.42 Å². The maximum atomic E-state index is 13.4. The van der Waals surface area contributed by atoms with Gasteiger partial charge >= 0.3 is 0 Å². The summed E-state index contributed by atoms with van der Waals surface area (Å²) in [5.41, 5.74) is 3.12. The van der Waals surface area contributed by atoms with E-state index in [0.717, 1.165) is 56.1 Å². The SMILES string of the molecule is O=C(c1ccccc1)N1CCc2[nH]cnc2C1C1CCN(CC2CCCCC2)CC1. The molecule has 0 spiro atoms. The lowest BCUT2D eigenvalue weighted by atomic mass is 9.82. The molecular weight excluding hydrogens is 372 g/mol. The molecular formula is C25H34N4O. The number of aromatic nitrogens is 2. The predicted octanol–water partition coefficient (Wildman–Crippen LogP) is 4.44. The Hall–Kier alpha value is -2.14. The van der Waals surface area contributed by atoms with Gasteiger partial charge < -0.3 is 14.8 Å². The van der Waals surface area contributed by atoms with Crippen molar-refractivity contribution in [2.45, 2.75) is 57.4 Å². The topological polar surface area (TPSA) is 52.2 Å². The number of rotatable bonds is 4. The van der Waals surface area contributed by atoms with Crippen LogP contribution in [0.5, 0.6) is 0 Å². The Kier molecular flexibility index (Phi) is 5.89. The number of hydrogen-bond acceptors (Lipinski definition) is 3. The zero-order chi connectivity index (χ0) is 20.3. The van der Waals surface area contributed by atoms with Crippen molar-refractivity contribution >= 4 is 5.91 Å². The van der Waals surface area contributed by atoms with Crippen LogP contribution in [0, 0.1) is 11.8 Å². The lowest BCUT2D eigenvalue weighted by Gasteiger charge is -2.43. The number of carbonyl (C=O) groups is 1. The number of fused-ring (bicyclic) bond motifs is 1. The lowest BCUT2D eigenvalue weighted by Crippen LogP contribution is -2.47. The second-order valence-corrected chi connectivity index (χ2v) is 9.47. The second-order valence-electron chi connectivity index (χ2n) is 9.47. The van der Waals surface area contributed by atoms with E-state index in [1.54, 1.807) is 0 Å². The van der Waals surface area contributed by atoms with Crippen LogP contribution >= 0.6 is 0 Å². The number of nitrogens with zero attached hydrogens (tertiary/aromatic N) is 3. The molecule has 1 amide bonds. The number of benzene rings is 1. The maximum absolute atomic E-state index is 13.4. The normalized spacial score (nSPS) is 24.0. The van der Waals surface area contributed by atoms with E-state index in [-0.39, 0.29) is 11.9 Å². The molecule has 2 aromatic rings. The van der Waals surface area contributed by atoms with Gasteiger partial charge in [0, 0.05) is 30.8 Å². The highest BCUT2D eigenvalue weighted by molar-refractivity contribution is 5.94. The van der Waals surface area contributed by atoms with E-state index in [1.807, 2.05) is 36.7 Å². The van der Waals surface area contributed by atoms with Gasteiger partial charge in [-0.05, 0) is 62.7 Å². The van der Waals surface area contributed by atoms with Crippen molar-refractivity contribution in [1.82, 2.24) is 19.8 Å². The van der Waals surface area contributed by atoms with Crippen LogP contribution in [0.1, 0.15) is 72.7 Å². The van der Waals surface area contributed by atoms with Gasteiger partial charge in [-0.2, -0.15) is 0 Å². The fraction of sp³-hybridized carbons (Fsp3) is 0.600. The van der Waals surface area contributed by atoms with Gasteiger partial charge in [0.2, 0.25) is 0 Å². The maximum Gasteiger partial charge on any atom is 0.254 e. The minimum absolute atomic E-state index is 0.101. The number of imidazole rings is 1. The molecule has 1 aromatic carbocycles. The number of amides is 1. The van der Waals surface area contributed by atoms with E-state index >= 15 is 0 Å². The minimum Gasteiger partial charge on any atom is -0.348 e. The summed E-state index contributed by atoms with van der Waals surface area (Å²) in [7, 11) is 0. The summed E-state index contributed by atoms with van der Waals surface area (Å²) in [4.78, 5) is 26.2. The van der Waals surface area contributed by atoms with E-state index in [2.05, 4.69) is 19.8 Å². The molecule has 3 heterocycles. The Balaban J connectivity index is 1.30. The van der Waals surface area contributed by atoms with E-state index in [0.29, 0.717) is 5.92 Å². The van der Waals surface area contributed by atoms with Crippen molar-refractivity contribution in [2.24, 2.45) is 11.8 Å². The predicted molar refractivity (Wildman–Crippen MR) is 118 cm³/mol. The molecule has 1 N–H and O–H groups in total. The number of piperidine rings is 1. The monoisotopic (exact) mass is 406 g/mol. The third-order valence-corrected chi connectivity index (χ3v) is 7.57. The summed E-state index contributed by atoms with van der Waals surface area (Å²) in [6.07, 6.45) is 12.1. The van der Waals surface area contributed by atoms with Crippen LogP contribution < -0.4 is 0 Å². The first-order valence-electron chi connectivity index (χ1n) is 11.9. The smallest absolute Gasteiger partial charge is 0.254 e. The third kappa shape index (κ3) is 4.04. The fourth-order valence-corrected chi connectivity index (χ4v) is 5.94. The standard InChI is InChI=1S/C25H34N4O/c30-25(21-9-5-2-6-10-21)29-16-13-22-23(27-18-26-22)24(29)20-11-14-28(15-12-20)17-19-7-3-1-4-8-19/h2,5-6,9-10,18-20,24H,1,3-4,7-8,11-17H2,(H,26,27). The van der Waals surface area contributed by atoms with Crippen LogP contribution in [0.25, 0.3) is 0 Å². The molecule has 1 aliphatic carbocycles. The van der Waals surface area contributed by atoms with Gasteiger partial charge in [-0.1, -0.05) is 37.5 Å². The highest BCUT2D eigenvalue weighted by atomic mass is 16.2. The highest BCUT2D eigenvalue weighted by Gasteiger charge is 2.39. The molecule has 2 aliphatic heterocycles. The summed E-state index contributed by atoms with van der Waals surface area (Å²) in [5.74, 6) is 1.54. The van der Waals surface area contributed by atoms with E-state index in [1.165, 1.54) is 44.3 Å². The van der Waals surface area contributed by atoms with Gasteiger partial charge in [0.25, 0.3) is 5.91 Å². The number of carbonyl (C=O) groups excluding carboxylic acids is 1. The fourth-order valence-electron chi connectivity index (χ4n) is 5.94. The van der Waals surface area contributed by atoms with Crippen LogP contribution in [0.2, 0.25) is 0 Å². The molecule has 1 saturated carbocycles. The molecule has 1 saturated heterocycles. The van der Waals surface area contributed by atoms with E-state index in [9.17, 15) is 4.79 Å². The minimum atomic E-state index is 0.101. The molecule has 2 fully saturated rings. The molecule has 5 heteroatoms. The zero-order valence-electron chi connectivity index (χ0n) is 17.9. The van der Waals surface area contributed by atoms with Gasteiger partial charge in [0.15, 0.2) is 0 Å². The highest BCUT2D eigenvalue weighted by Crippen LogP contribution is 2.39. The van der Waals surface area contributed by atoms with Gasteiger partial charge in [0.1, 0.15) is 0 Å². The second kappa shape index (κ2) is 8.93. The largest absolute Gasteiger partial charge is 0.348 e. The molecule has 3 aliphatic rings. The lowest BCUT2D eigenvalue weighted by molar-refractivity contribution is 0.0451. The molecule has 1 aromatic heterocycles. The number of H-pyrrole nitrogens is 1. The molecule has 5 rings (SSSR count). The van der Waals surface area contributed by atoms with Crippen molar-refractivity contribution in [2.75, 3.05) is 26.2 Å². The van der Waals surface area contributed by atoms with E-state index < -0.39 is 0 Å². The Labute approximate surface area is 179 Å². The zero-order valence-corrected chi connectivity index (χ0v) is 17.9. The molecule has 5 nitrogen and oxygen atoms in total. The molecule has 0 bridgehead atoms. The summed E-state index contributed by atoms with van der Waals surface area (Å²) >= 11 is 0. The van der Waals surface area contributed by atoms with Gasteiger partial charge in [0.05, 0.1) is 18.1 Å². The van der Waals surface area contributed by atoms with Crippen LogP contribution in [0.3, 0.4) is 0 Å². The summed E-state index contributed by atoms with van der Waals surface area (Å²) in [6.45, 7) is 4.36. The summed E-state index contributed by atoms with van der Waals surface area (Å²) in [5, 5.41) is 0.